The van der Waals surface area contributed by atoms with E-state index in [-0.39, 0.29) is 18.4 Å². The van der Waals surface area contributed by atoms with Crippen LogP contribution in [0.2, 0.25) is 0 Å². The zero-order valence-electron chi connectivity index (χ0n) is 10.4. The molecule has 5 heteroatoms. The zero-order valence-corrected chi connectivity index (χ0v) is 11.2. The Morgan fingerprint density at radius 3 is 2.67 bits per heavy atom. The number of carbonyl (C=O) groups is 1. The number of urea groups is 1. The molecule has 1 aromatic rings. The number of para-hydroxylation sites is 1. The van der Waals surface area contributed by atoms with Crippen molar-refractivity contribution in [3.05, 3.63) is 30.3 Å². The van der Waals surface area contributed by atoms with Crippen molar-refractivity contribution >= 4 is 24.1 Å². The van der Waals surface area contributed by atoms with Crippen LogP contribution in [0.4, 0.5) is 10.5 Å². The van der Waals surface area contributed by atoms with Crippen molar-refractivity contribution in [3.8, 4) is 0 Å². The Kier molecular flexibility index (Phi) is 3.78. The topological polar surface area (TPSA) is 35.6 Å². The molecule has 0 unspecified atom stereocenters. The standard InChI is InChI=1S/C13H17N3O.ClH/c1-15-12-9-14-8-7-11(12)16(13(15)17)10-5-3-2-4-6-10;/h2-6,11-12,14H,7-9H2,1H3;1H/t11-,12+;/m0./s1. The number of hydrogen-bond acceptors (Lipinski definition) is 2. The maximum absolute atomic E-state index is 12.3. The van der Waals surface area contributed by atoms with Crippen molar-refractivity contribution < 1.29 is 4.79 Å². The average molecular weight is 268 g/mol. The summed E-state index contributed by atoms with van der Waals surface area (Å²) >= 11 is 0. The summed E-state index contributed by atoms with van der Waals surface area (Å²) < 4.78 is 0. The van der Waals surface area contributed by atoms with Crippen LogP contribution in [-0.4, -0.2) is 43.2 Å². The van der Waals surface area contributed by atoms with Crippen LogP contribution in [0.25, 0.3) is 0 Å². The first-order chi connectivity index (χ1) is 8.29. The smallest absolute Gasteiger partial charge is 0.321 e. The van der Waals surface area contributed by atoms with Gasteiger partial charge in [-0.1, -0.05) is 18.2 Å². The van der Waals surface area contributed by atoms with Gasteiger partial charge in [0, 0.05) is 19.3 Å². The summed E-state index contributed by atoms with van der Waals surface area (Å²) in [5, 5.41) is 3.36. The van der Waals surface area contributed by atoms with E-state index in [1.807, 2.05) is 47.2 Å². The molecule has 2 atom stereocenters. The van der Waals surface area contributed by atoms with Crippen molar-refractivity contribution in [2.75, 3.05) is 25.0 Å². The van der Waals surface area contributed by atoms with Gasteiger partial charge in [-0.3, -0.25) is 4.90 Å². The van der Waals surface area contributed by atoms with Gasteiger partial charge in [0.2, 0.25) is 0 Å². The average Bonchev–Trinajstić information content (AvgIpc) is 2.64. The number of anilines is 1. The molecule has 1 aromatic carbocycles. The number of likely N-dealkylation sites (N-methyl/N-ethyl adjacent to an activating group) is 1. The molecule has 98 valence electrons. The van der Waals surface area contributed by atoms with Gasteiger partial charge in [0.05, 0.1) is 12.1 Å². The molecule has 0 radical (unpaired) electrons. The third-order valence-electron chi connectivity index (χ3n) is 3.79. The fraction of sp³-hybridized carbons (Fsp3) is 0.462. The second-order valence-corrected chi connectivity index (χ2v) is 4.73. The molecule has 2 fully saturated rings. The summed E-state index contributed by atoms with van der Waals surface area (Å²) in [6, 6.07) is 10.7. The highest BCUT2D eigenvalue weighted by molar-refractivity contribution is 5.95. The summed E-state index contributed by atoms with van der Waals surface area (Å²) in [5.41, 5.74) is 1.01. The van der Waals surface area contributed by atoms with Gasteiger partial charge < -0.3 is 10.2 Å². The molecule has 0 aromatic heterocycles. The lowest BCUT2D eigenvalue weighted by molar-refractivity contribution is 0.212. The number of halogens is 1. The fourth-order valence-corrected chi connectivity index (χ4v) is 2.87. The Balaban J connectivity index is 0.00000120. The van der Waals surface area contributed by atoms with E-state index in [0.717, 1.165) is 25.2 Å². The van der Waals surface area contributed by atoms with E-state index in [0.29, 0.717) is 12.1 Å². The third-order valence-corrected chi connectivity index (χ3v) is 3.79. The number of benzene rings is 1. The first-order valence-corrected chi connectivity index (χ1v) is 6.11. The van der Waals surface area contributed by atoms with Crippen molar-refractivity contribution in [2.45, 2.75) is 18.5 Å². The van der Waals surface area contributed by atoms with Crippen LogP contribution >= 0.6 is 12.4 Å². The van der Waals surface area contributed by atoms with Crippen LogP contribution in [0.15, 0.2) is 30.3 Å². The molecular formula is C13H18ClN3O. The summed E-state index contributed by atoms with van der Waals surface area (Å²) in [4.78, 5) is 16.1. The van der Waals surface area contributed by atoms with E-state index in [4.69, 9.17) is 0 Å². The largest absolute Gasteiger partial charge is 0.324 e. The van der Waals surface area contributed by atoms with Crippen molar-refractivity contribution in [1.82, 2.24) is 10.2 Å². The fourth-order valence-electron chi connectivity index (χ4n) is 2.87. The summed E-state index contributed by atoms with van der Waals surface area (Å²) in [6.07, 6.45) is 1.02. The molecule has 2 heterocycles. The highest BCUT2D eigenvalue weighted by Crippen LogP contribution is 2.30. The molecule has 0 saturated carbocycles. The van der Waals surface area contributed by atoms with E-state index in [1.54, 1.807) is 0 Å². The van der Waals surface area contributed by atoms with Crippen LogP contribution in [-0.2, 0) is 0 Å². The molecular weight excluding hydrogens is 250 g/mol. The lowest BCUT2D eigenvalue weighted by atomic mass is 10.0. The minimum Gasteiger partial charge on any atom is -0.321 e. The van der Waals surface area contributed by atoms with Crippen molar-refractivity contribution in [1.29, 1.82) is 0 Å². The van der Waals surface area contributed by atoms with Crippen LogP contribution in [0, 0.1) is 0 Å². The molecule has 2 saturated heterocycles. The quantitative estimate of drug-likeness (QED) is 0.841. The third kappa shape index (κ3) is 1.95. The van der Waals surface area contributed by atoms with Crippen molar-refractivity contribution in [2.24, 2.45) is 0 Å². The molecule has 2 amide bonds. The van der Waals surface area contributed by atoms with Gasteiger partial charge in [0.25, 0.3) is 0 Å². The maximum atomic E-state index is 12.3. The molecule has 2 aliphatic rings. The highest BCUT2D eigenvalue weighted by Gasteiger charge is 2.45. The summed E-state index contributed by atoms with van der Waals surface area (Å²) in [7, 11) is 1.90. The molecule has 2 aliphatic heterocycles. The zero-order chi connectivity index (χ0) is 11.8. The number of nitrogens with zero attached hydrogens (tertiary/aromatic N) is 2. The van der Waals surface area contributed by atoms with Gasteiger partial charge in [-0.2, -0.15) is 0 Å². The van der Waals surface area contributed by atoms with Crippen LogP contribution in [0.5, 0.6) is 0 Å². The second-order valence-electron chi connectivity index (χ2n) is 4.73. The number of rotatable bonds is 1. The Morgan fingerprint density at radius 1 is 1.22 bits per heavy atom. The Labute approximate surface area is 113 Å². The van der Waals surface area contributed by atoms with E-state index in [9.17, 15) is 4.79 Å². The molecule has 3 rings (SSSR count). The van der Waals surface area contributed by atoms with Gasteiger partial charge in [-0.15, -0.1) is 12.4 Å². The summed E-state index contributed by atoms with van der Waals surface area (Å²) in [6.45, 7) is 1.89. The molecule has 4 nitrogen and oxygen atoms in total. The van der Waals surface area contributed by atoms with Crippen LogP contribution in [0.1, 0.15) is 6.42 Å². The van der Waals surface area contributed by atoms with Gasteiger partial charge in [0.1, 0.15) is 0 Å². The Hall–Kier alpha value is -1.26. The lowest BCUT2D eigenvalue weighted by Crippen LogP contribution is -2.49. The summed E-state index contributed by atoms with van der Waals surface area (Å²) in [5.74, 6) is 0. The van der Waals surface area contributed by atoms with Gasteiger partial charge in [0.15, 0.2) is 0 Å². The van der Waals surface area contributed by atoms with Crippen molar-refractivity contribution in [3.63, 3.8) is 0 Å². The number of nitrogens with one attached hydrogen (secondary N) is 1. The number of carbonyl (C=O) groups excluding carboxylic acids is 1. The minimum absolute atomic E-state index is 0. The molecule has 0 spiro atoms. The van der Waals surface area contributed by atoms with E-state index in [2.05, 4.69) is 5.32 Å². The first-order valence-electron chi connectivity index (χ1n) is 6.11. The van der Waals surface area contributed by atoms with Gasteiger partial charge >= 0.3 is 6.03 Å². The van der Waals surface area contributed by atoms with Gasteiger partial charge in [-0.05, 0) is 25.1 Å². The minimum atomic E-state index is 0. The SMILES string of the molecule is CN1C(=O)N(c2ccccc2)[C@H]2CCNC[C@H]21.Cl. The lowest BCUT2D eigenvalue weighted by Gasteiger charge is -2.31. The monoisotopic (exact) mass is 267 g/mol. The van der Waals surface area contributed by atoms with E-state index >= 15 is 0 Å². The number of piperidine rings is 1. The normalized spacial score (nSPS) is 26.8. The number of fused-ring (bicyclic) bond motifs is 1. The van der Waals surface area contributed by atoms with Crippen LogP contribution < -0.4 is 10.2 Å². The maximum Gasteiger partial charge on any atom is 0.324 e. The number of amides is 2. The molecule has 0 bridgehead atoms. The predicted molar refractivity (Wildman–Crippen MR) is 74.4 cm³/mol. The second kappa shape index (κ2) is 5.16. The predicted octanol–water partition coefficient (Wildman–Crippen LogP) is 1.71. The molecule has 0 aliphatic carbocycles. The molecule has 1 N–H and O–H groups in total. The van der Waals surface area contributed by atoms with Crippen LogP contribution in [0.3, 0.4) is 0 Å². The molecule has 18 heavy (non-hydrogen) atoms. The number of hydrogen-bond donors (Lipinski definition) is 1. The van der Waals surface area contributed by atoms with E-state index in [1.165, 1.54) is 0 Å². The first kappa shape index (κ1) is 13.2. The highest BCUT2D eigenvalue weighted by atomic mass is 35.5. The Morgan fingerprint density at radius 2 is 1.94 bits per heavy atom. The van der Waals surface area contributed by atoms with E-state index < -0.39 is 0 Å². The Bertz CT molecular complexity index is 426. The van der Waals surface area contributed by atoms with Gasteiger partial charge in [-0.25, -0.2) is 4.79 Å².